The fraction of sp³-hybridized carbons (Fsp3) is 0.167. The number of hydrogen-bond acceptors (Lipinski definition) is 6. The normalized spacial score (nSPS) is 13.9. The third-order valence-electron chi connectivity index (χ3n) is 5.69. The standard InChI is InChI=1S/C24H20N4O3S/c29-24(23-14-17-13-18(28(30)31)8-10-22(17)32-23)26-25-15-16-7-9-21(27-11-3-4-12-27)20-6-2-1-5-19(16)20/h1-2,5-10,13-15H,3-4,11-12H2,(H,26,29)/b25-15-. The first kappa shape index (κ1) is 20.1. The second-order valence-corrected chi connectivity index (χ2v) is 8.79. The number of hydrogen-bond donors (Lipinski definition) is 1. The Bertz CT molecular complexity index is 1370. The Morgan fingerprint density at radius 2 is 1.84 bits per heavy atom. The number of amides is 1. The predicted octanol–water partition coefficient (Wildman–Crippen LogP) is 5.33. The Kier molecular flexibility index (Phi) is 5.28. The first-order valence-electron chi connectivity index (χ1n) is 10.4. The van der Waals surface area contributed by atoms with Crippen molar-refractivity contribution in [1.29, 1.82) is 0 Å². The number of carbonyl (C=O) groups excluding carboxylic acids is 1. The molecule has 1 fully saturated rings. The number of anilines is 1. The number of fused-ring (bicyclic) bond motifs is 2. The fourth-order valence-corrected chi connectivity index (χ4v) is 5.06. The zero-order valence-electron chi connectivity index (χ0n) is 17.2. The monoisotopic (exact) mass is 444 g/mol. The van der Waals surface area contributed by atoms with Gasteiger partial charge in [-0.2, -0.15) is 5.10 Å². The first-order chi connectivity index (χ1) is 15.6. The van der Waals surface area contributed by atoms with Crippen LogP contribution in [0, 0.1) is 10.1 Å². The molecule has 1 aliphatic rings. The highest BCUT2D eigenvalue weighted by Gasteiger charge is 2.16. The zero-order valence-corrected chi connectivity index (χ0v) is 18.0. The highest BCUT2D eigenvalue weighted by Crippen LogP contribution is 2.31. The van der Waals surface area contributed by atoms with Crippen LogP contribution in [0.4, 0.5) is 11.4 Å². The molecule has 0 bridgehead atoms. The average molecular weight is 445 g/mol. The highest BCUT2D eigenvalue weighted by molar-refractivity contribution is 7.20. The zero-order chi connectivity index (χ0) is 22.1. The van der Waals surface area contributed by atoms with Gasteiger partial charge in [0.25, 0.3) is 11.6 Å². The van der Waals surface area contributed by atoms with E-state index in [4.69, 9.17) is 0 Å². The molecule has 7 nitrogen and oxygen atoms in total. The van der Waals surface area contributed by atoms with Gasteiger partial charge in [-0.3, -0.25) is 14.9 Å². The van der Waals surface area contributed by atoms with Gasteiger partial charge in [-0.1, -0.05) is 30.3 Å². The predicted molar refractivity (Wildman–Crippen MR) is 129 cm³/mol. The molecule has 3 aromatic carbocycles. The molecule has 5 rings (SSSR count). The van der Waals surface area contributed by atoms with Gasteiger partial charge >= 0.3 is 0 Å². The Labute approximate surface area is 188 Å². The SMILES string of the molecule is O=C(N/N=C\c1ccc(N2CCCC2)c2ccccc12)c1cc2cc([N+](=O)[O-])ccc2s1. The summed E-state index contributed by atoms with van der Waals surface area (Å²) in [6.07, 6.45) is 4.09. The van der Waals surface area contributed by atoms with E-state index in [9.17, 15) is 14.9 Å². The van der Waals surface area contributed by atoms with Crippen LogP contribution in [0.2, 0.25) is 0 Å². The fourth-order valence-electron chi connectivity index (χ4n) is 4.12. The molecule has 1 aromatic heterocycles. The van der Waals surface area contributed by atoms with Crippen molar-refractivity contribution >= 4 is 55.7 Å². The van der Waals surface area contributed by atoms with Crippen molar-refractivity contribution in [3.63, 3.8) is 0 Å². The van der Waals surface area contributed by atoms with E-state index < -0.39 is 4.92 Å². The first-order valence-corrected chi connectivity index (χ1v) is 11.2. The Morgan fingerprint density at radius 1 is 1.06 bits per heavy atom. The number of thiophene rings is 1. The van der Waals surface area contributed by atoms with E-state index in [1.54, 1.807) is 18.3 Å². The van der Waals surface area contributed by atoms with Crippen LogP contribution in [0.3, 0.4) is 0 Å². The molecule has 2 heterocycles. The Hall–Kier alpha value is -3.78. The molecule has 4 aromatic rings. The van der Waals surface area contributed by atoms with Gasteiger partial charge in [-0.15, -0.1) is 11.3 Å². The van der Waals surface area contributed by atoms with Crippen LogP contribution in [-0.2, 0) is 0 Å². The lowest BCUT2D eigenvalue weighted by atomic mass is 10.0. The van der Waals surface area contributed by atoms with Crippen LogP contribution in [0.15, 0.2) is 65.8 Å². The summed E-state index contributed by atoms with van der Waals surface area (Å²) in [7, 11) is 0. The van der Waals surface area contributed by atoms with Crippen LogP contribution in [0.5, 0.6) is 0 Å². The van der Waals surface area contributed by atoms with Gasteiger partial charge in [0.1, 0.15) is 0 Å². The summed E-state index contributed by atoms with van der Waals surface area (Å²) in [6, 6.07) is 18.6. The number of benzene rings is 3. The smallest absolute Gasteiger partial charge is 0.281 e. The minimum Gasteiger partial charge on any atom is -0.371 e. The summed E-state index contributed by atoms with van der Waals surface area (Å²) in [5, 5.41) is 18.1. The minimum absolute atomic E-state index is 0.00420. The number of carbonyl (C=O) groups is 1. The van der Waals surface area contributed by atoms with E-state index in [0.717, 1.165) is 28.7 Å². The Morgan fingerprint density at radius 3 is 2.62 bits per heavy atom. The van der Waals surface area contributed by atoms with Gasteiger partial charge in [0.2, 0.25) is 0 Å². The van der Waals surface area contributed by atoms with E-state index in [0.29, 0.717) is 10.3 Å². The van der Waals surface area contributed by atoms with Gasteiger partial charge in [0, 0.05) is 51.9 Å². The van der Waals surface area contributed by atoms with Crippen molar-refractivity contribution in [2.45, 2.75) is 12.8 Å². The lowest BCUT2D eigenvalue weighted by molar-refractivity contribution is -0.384. The van der Waals surface area contributed by atoms with Gasteiger partial charge in [-0.05, 0) is 36.4 Å². The van der Waals surface area contributed by atoms with Crippen molar-refractivity contribution in [1.82, 2.24) is 5.43 Å². The summed E-state index contributed by atoms with van der Waals surface area (Å²) >= 11 is 1.28. The molecule has 1 saturated heterocycles. The Balaban J connectivity index is 1.37. The number of hydrazone groups is 1. The number of rotatable bonds is 5. The second-order valence-electron chi connectivity index (χ2n) is 7.70. The largest absolute Gasteiger partial charge is 0.371 e. The molecule has 0 atom stereocenters. The van der Waals surface area contributed by atoms with E-state index in [1.807, 2.05) is 18.2 Å². The van der Waals surface area contributed by atoms with Crippen LogP contribution in [0.25, 0.3) is 20.9 Å². The van der Waals surface area contributed by atoms with Crippen molar-refractivity contribution < 1.29 is 9.72 Å². The molecule has 0 spiro atoms. The lowest BCUT2D eigenvalue weighted by Crippen LogP contribution is -2.18. The molecule has 8 heteroatoms. The number of nitrogens with one attached hydrogen (secondary N) is 1. The maximum atomic E-state index is 12.6. The number of nitro benzene ring substituents is 1. The van der Waals surface area contributed by atoms with Gasteiger partial charge in [-0.25, -0.2) is 5.43 Å². The summed E-state index contributed by atoms with van der Waals surface area (Å²) < 4.78 is 0.813. The van der Waals surface area contributed by atoms with Crippen LogP contribution in [-0.4, -0.2) is 30.1 Å². The lowest BCUT2D eigenvalue weighted by Gasteiger charge is -2.20. The third-order valence-corrected chi connectivity index (χ3v) is 6.80. The summed E-state index contributed by atoms with van der Waals surface area (Å²) in [6.45, 7) is 2.15. The average Bonchev–Trinajstić information content (AvgIpc) is 3.48. The quantitative estimate of drug-likeness (QED) is 0.256. The molecule has 160 valence electrons. The van der Waals surface area contributed by atoms with Crippen LogP contribution < -0.4 is 10.3 Å². The number of non-ortho nitro benzene ring substituents is 1. The van der Waals surface area contributed by atoms with Crippen molar-refractivity contribution in [3.05, 3.63) is 81.2 Å². The van der Waals surface area contributed by atoms with Gasteiger partial charge in [0.05, 0.1) is 16.0 Å². The topological polar surface area (TPSA) is 87.8 Å². The molecule has 1 aliphatic heterocycles. The maximum Gasteiger partial charge on any atom is 0.281 e. The van der Waals surface area contributed by atoms with Gasteiger partial charge in [0.15, 0.2) is 0 Å². The van der Waals surface area contributed by atoms with Gasteiger partial charge < -0.3 is 4.90 Å². The molecule has 0 radical (unpaired) electrons. The summed E-state index contributed by atoms with van der Waals surface area (Å²) in [5.74, 6) is -0.344. The van der Waals surface area contributed by atoms with Crippen molar-refractivity contribution in [2.75, 3.05) is 18.0 Å². The summed E-state index contributed by atoms with van der Waals surface area (Å²) in [5.41, 5.74) is 4.74. The second kappa shape index (κ2) is 8.39. The molecule has 0 aliphatic carbocycles. The maximum absolute atomic E-state index is 12.6. The molecule has 0 saturated carbocycles. The van der Waals surface area contributed by atoms with Crippen molar-refractivity contribution in [2.24, 2.45) is 5.10 Å². The minimum atomic E-state index is -0.444. The highest BCUT2D eigenvalue weighted by atomic mass is 32.1. The van der Waals surface area contributed by atoms with Crippen LogP contribution >= 0.6 is 11.3 Å². The summed E-state index contributed by atoms with van der Waals surface area (Å²) in [4.78, 5) is 25.9. The van der Waals surface area contributed by atoms with E-state index >= 15 is 0 Å². The van der Waals surface area contributed by atoms with Crippen LogP contribution in [0.1, 0.15) is 28.1 Å². The van der Waals surface area contributed by atoms with E-state index in [1.165, 1.54) is 47.4 Å². The molecule has 32 heavy (non-hydrogen) atoms. The molecular weight excluding hydrogens is 424 g/mol. The van der Waals surface area contributed by atoms with E-state index in [2.05, 4.69) is 33.6 Å². The van der Waals surface area contributed by atoms with E-state index in [-0.39, 0.29) is 11.6 Å². The number of nitrogens with zero attached hydrogens (tertiary/aromatic N) is 3. The molecule has 1 N–H and O–H groups in total. The molecule has 1 amide bonds. The number of nitro groups is 1. The third kappa shape index (κ3) is 3.80. The molecule has 0 unspecified atom stereocenters. The molecular formula is C24H20N4O3S. The van der Waals surface area contributed by atoms with Crippen molar-refractivity contribution in [3.8, 4) is 0 Å².